The van der Waals surface area contributed by atoms with Crippen LogP contribution in [0.15, 0.2) is 29.2 Å². The van der Waals surface area contributed by atoms with Gasteiger partial charge in [-0.3, -0.25) is 4.18 Å². The van der Waals surface area contributed by atoms with Crippen LogP contribution in [0.25, 0.3) is 0 Å². The van der Waals surface area contributed by atoms with Gasteiger partial charge in [0.25, 0.3) is 10.1 Å². The van der Waals surface area contributed by atoms with Gasteiger partial charge in [0.15, 0.2) is 0 Å². The fourth-order valence-electron chi connectivity index (χ4n) is 2.42. The fraction of sp³-hybridized carbons (Fsp3) is 0.588. The zero-order valence-electron chi connectivity index (χ0n) is 14.6. The van der Waals surface area contributed by atoms with Crippen LogP contribution < -0.4 is 0 Å². The summed E-state index contributed by atoms with van der Waals surface area (Å²) >= 11 is 0. The molecule has 1 saturated heterocycles. The van der Waals surface area contributed by atoms with E-state index in [1.54, 1.807) is 17.0 Å². The smallest absolute Gasteiger partial charge is 0.410 e. The summed E-state index contributed by atoms with van der Waals surface area (Å²) < 4.78 is 34.8. The molecule has 0 unspecified atom stereocenters. The molecule has 1 aromatic carbocycles. The second-order valence-electron chi connectivity index (χ2n) is 7.13. The lowest BCUT2D eigenvalue weighted by atomic mass is 10.1. The molecule has 2 rings (SSSR count). The molecule has 7 heteroatoms. The first-order valence-corrected chi connectivity index (χ1v) is 9.42. The first kappa shape index (κ1) is 18.7. The van der Waals surface area contributed by atoms with Gasteiger partial charge in [0.1, 0.15) is 5.60 Å². The maximum atomic E-state index is 12.2. The van der Waals surface area contributed by atoms with E-state index in [0.29, 0.717) is 19.5 Å². The molecule has 0 radical (unpaired) electrons. The molecule has 1 aromatic rings. The van der Waals surface area contributed by atoms with Crippen molar-refractivity contribution < 1.29 is 22.1 Å². The Morgan fingerprint density at radius 2 is 1.88 bits per heavy atom. The number of carbonyl (C=O) groups excluding carboxylic acids is 1. The highest BCUT2D eigenvalue weighted by atomic mass is 32.2. The van der Waals surface area contributed by atoms with Crippen molar-refractivity contribution in [3.05, 3.63) is 29.8 Å². The lowest BCUT2D eigenvalue weighted by Crippen LogP contribution is -2.35. The molecule has 0 spiro atoms. The highest BCUT2D eigenvalue weighted by Crippen LogP contribution is 2.22. The third-order valence-corrected chi connectivity index (χ3v) is 5.00. The van der Waals surface area contributed by atoms with Crippen LogP contribution in [-0.2, 0) is 19.0 Å². The number of hydrogen-bond acceptors (Lipinski definition) is 5. The highest BCUT2D eigenvalue weighted by molar-refractivity contribution is 7.86. The van der Waals surface area contributed by atoms with Crippen LogP contribution in [-0.4, -0.2) is 44.7 Å². The van der Waals surface area contributed by atoms with Crippen LogP contribution in [0.5, 0.6) is 0 Å². The molecule has 1 heterocycles. The fourth-order valence-corrected chi connectivity index (χ4v) is 3.40. The van der Waals surface area contributed by atoms with Gasteiger partial charge in [-0.15, -0.1) is 0 Å². The summed E-state index contributed by atoms with van der Waals surface area (Å²) in [5.41, 5.74) is 0.443. The second-order valence-corrected chi connectivity index (χ2v) is 8.75. The summed E-state index contributed by atoms with van der Waals surface area (Å²) in [5.74, 6) is -0.0160. The van der Waals surface area contributed by atoms with E-state index in [1.165, 1.54) is 12.1 Å². The van der Waals surface area contributed by atoms with Crippen LogP contribution in [0.1, 0.15) is 32.8 Å². The molecular weight excluding hydrogens is 330 g/mol. The van der Waals surface area contributed by atoms with Crippen LogP contribution >= 0.6 is 0 Å². The number of hydrogen-bond donors (Lipinski definition) is 0. The molecule has 1 amide bonds. The Balaban J connectivity index is 1.87. The van der Waals surface area contributed by atoms with Crippen molar-refractivity contribution in [1.82, 2.24) is 4.90 Å². The molecule has 0 aliphatic carbocycles. The molecule has 0 N–H and O–H groups in total. The van der Waals surface area contributed by atoms with E-state index in [1.807, 2.05) is 27.7 Å². The van der Waals surface area contributed by atoms with E-state index in [2.05, 4.69) is 0 Å². The molecule has 0 aromatic heterocycles. The lowest BCUT2D eigenvalue weighted by molar-refractivity contribution is 0.0285. The Morgan fingerprint density at radius 1 is 1.25 bits per heavy atom. The van der Waals surface area contributed by atoms with Crippen LogP contribution in [0, 0.1) is 12.8 Å². The molecule has 0 saturated carbocycles. The summed E-state index contributed by atoms with van der Waals surface area (Å²) in [6.07, 6.45) is 0.328. The van der Waals surface area contributed by atoms with E-state index < -0.39 is 15.7 Å². The number of likely N-dealkylation sites (tertiary alicyclic amines) is 1. The van der Waals surface area contributed by atoms with Crippen molar-refractivity contribution in [2.24, 2.45) is 5.92 Å². The average molecular weight is 355 g/mol. The molecular formula is C17H25NO5S. The second kappa shape index (κ2) is 7.11. The number of ether oxygens (including phenoxy) is 1. The van der Waals surface area contributed by atoms with Gasteiger partial charge in [-0.05, 0) is 46.2 Å². The number of carbonyl (C=O) groups is 1. The maximum Gasteiger partial charge on any atom is 0.410 e. The minimum Gasteiger partial charge on any atom is -0.444 e. The quantitative estimate of drug-likeness (QED) is 0.777. The van der Waals surface area contributed by atoms with Gasteiger partial charge in [0.05, 0.1) is 11.5 Å². The summed E-state index contributed by atoms with van der Waals surface area (Å²) in [6.45, 7) is 8.39. The number of benzene rings is 1. The molecule has 24 heavy (non-hydrogen) atoms. The monoisotopic (exact) mass is 355 g/mol. The summed E-state index contributed by atoms with van der Waals surface area (Å²) in [6, 6.07) is 6.53. The van der Waals surface area contributed by atoms with Gasteiger partial charge in [-0.2, -0.15) is 8.42 Å². The summed E-state index contributed by atoms with van der Waals surface area (Å²) in [4.78, 5) is 13.7. The van der Waals surface area contributed by atoms with Crippen molar-refractivity contribution in [1.29, 1.82) is 0 Å². The van der Waals surface area contributed by atoms with Gasteiger partial charge in [-0.25, -0.2) is 4.79 Å². The van der Waals surface area contributed by atoms with Gasteiger partial charge < -0.3 is 9.64 Å². The first-order chi connectivity index (χ1) is 11.1. The van der Waals surface area contributed by atoms with Crippen molar-refractivity contribution >= 4 is 16.2 Å². The largest absolute Gasteiger partial charge is 0.444 e. The predicted molar refractivity (Wildman–Crippen MR) is 90.2 cm³/mol. The van der Waals surface area contributed by atoms with Crippen molar-refractivity contribution in [2.75, 3.05) is 19.7 Å². The Labute approximate surface area is 143 Å². The third kappa shape index (κ3) is 5.21. The maximum absolute atomic E-state index is 12.2. The Kier molecular flexibility index (Phi) is 5.55. The standard InChI is InChI=1S/C17H25NO5S/c1-13-5-7-15(8-6-13)24(20,21)22-12-14-9-10-18(11-14)16(19)23-17(2,3)4/h5-8,14H,9-12H2,1-4H3/t14-/m0/s1. The zero-order valence-corrected chi connectivity index (χ0v) is 15.4. The number of rotatable bonds is 4. The molecule has 1 atom stereocenters. The molecule has 6 nitrogen and oxygen atoms in total. The molecule has 1 fully saturated rings. The zero-order chi connectivity index (χ0) is 18.0. The van der Waals surface area contributed by atoms with Gasteiger partial charge in [0.2, 0.25) is 0 Å². The first-order valence-electron chi connectivity index (χ1n) is 8.01. The minimum atomic E-state index is -3.77. The molecule has 1 aliphatic heterocycles. The van der Waals surface area contributed by atoms with E-state index in [-0.39, 0.29) is 23.5 Å². The summed E-state index contributed by atoms with van der Waals surface area (Å²) in [5, 5.41) is 0. The molecule has 0 bridgehead atoms. The summed E-state index contributed by atoms with van der Waals surface area (Å²) in [7, 11) is -3.77. The average Bonchev–Trinajstić information content (AvgIpc) is 2.93. The van der Waals surface area contributed by atoms with E-state index in [0.717, 1.165) is 5.56 Å². The minimum absolute atomic E-state index is 0.0160. The number of aryl methyl sites for hydroxylation is 1. The number of amides is 1. The Morgan fingerprint density at radius 3 is 2.46 bits per heavy atom. The van der Waals surface area contributed by atoms with Crippen molar-refractivity contribution in [2.45, 2.75) is 44.6 Å². The van der Waals surface area contributed by atoms with Crippen LogP contribution in [0.4, 0.5) is 4.79 Å². The molecule has 1 aliphatic rings. The SMILES string of the molecule is Cc1ccc(S(=O)(=O)OC[C@H]2CCN(C(=O)OC(C)(C)C)C2)cc1. The van der Waals surface area contributed by atoms with E-state index >= 15 is 0 Å². The van der Waals surface area contributed by atoms with Crippen molar-refractivity contribution in [3.63, 3.8) is 0 Å². The van der Waals surface area contributed by atoms with Gasteiger partial charge >= 0.3 is 6.09 Å². The topological polar surface area (TPSA) is 72.9 Å². The Hall–Kier alpha value is -1.60. The van der Waals surface area contributed by atoms with Crippen molar-refractivity contribution in [3.8, 4) is 0 Å². The van der Waals surface area contributed by atoms with Crippen LogP contribution in [0.2, 0.25) is 0 Å². The lowest BCUT2D eigenvalue weighted by Gasteiger charge is -2.24. The molecule has 134 valence electrons. The third-order valence-electron chi connectivity index (χ3n) is 3.71. The number of nitrogens with zero attached hydrogens (tertiary/aromatic N) is 1. The highest BCUT2D eigenvalue weighted by Gasteiger charge is 2.31. The van der Waals surface area contributed by atoms with Gasteiger partial charge in [-0.1, -0.05) is 17.7 Å². The van der Waals surface area contributed by atoms with E-state index in [9.17, 15) is 13.2 Å². The van der Waals surface area contributed by atoms with Gasteiger partial charge in [0, 0.05) is 19.0 Å². The normalized spacial score (nSPS) is 18.7. The Bertz CT molecular complexity index is 676. The predicted octanol–water partition coefficient (Wildman–Crippen LogP) is 2.96. The van der Waals surface area contributed by atoms with E-state index in [4.69, 9.17) is 8.92 Å². The van der Waals surface area contributed by atoms with Crippen LogP contribution in [0.3, 0.4) is 0 Å².